The highest BCUT2D eigenvalue weighted by Crippen LogP contribution is 2.10. The van der Waals surface area contributed by atoms with E-state index in [0.717, 1.165) is 12.8 Å². The molecule has 30 heavy (non-hydrogen) atoms. The summed E-state index contributed by atoms with van der Waals surface area (Å²) in [6.07, 6.45) is 21.5. The minimum atomic E-state index is -4.25. The predicted molar refractivity (Wildman–Crippen MR) is 124 cm³/mol. The molecule has 4 N–H and O–H groups in total. The Kier molecular flexibility index (Phi) is 28.0. The lowest BCUT2D eigenvalue weighted by molar-refractivity contribution is 0.261. The zero-order chi connectivity index (χ0) is 22.8. The molecule has 0 spiro atoms. The molecule has 0 aromatic rings. The molecule has 0 aliphatic heterocycles. The molecular formula is C22H47NO6S. The van der Waals surface area contributed by atoms with Gasteiger partial charge < -0.3 is 15.5 Å². The highest BCUT2D eigenvalue weighted by molar-refractivity contribution is 7.80. The Balaban J connectivity index is 0. The summed E-state index contributed by atoms with van der Waals surface area (Å²) < 4.78 is 33.3. The van der Waals surface area contributed by atoms with Crippen LogP contribution in [0.3, 0.4) is 0 Å². The van der Waals surface area contributed by atoms with E-state index < -0.39 is 10.4 Å². The van der Waals surface area contributed by atoms with Gasteiger partial charge in [0.15, 0.2) is 0 Å². The van der Waals surface area contributed by atoms with Crippen molar-refractivity contribution in [3.63, 3.8) is 0 Å². The van der Waals surface area contributed by atoms with Crippen LogP contribution in [0.15, 0.2) is 12.2 Å². The molecule has 0 unspecified atom stereocenters. The van der Waals surface area contributed by atoms with Crippen LogP contribution >= 0.6 is 0 Å². The van der Waals surface area contributed by atoms with Crippen LogP contribution < -0.4 is 5.32 Å². The molecule has 0 atom stereocenters. The number of aliphatic hydroxyl groups excluding tert-OH is 2. The number of rotatable bonds is 21. The van der Waals surface area contributed by atoms with Crippen molar-refractivity contribution in [2.75, 3.05) is 32.9 Å². The van der Waals surface area contributed by atoms with Gasteiger partial charge in [-0.25, -0.2) is 4.18 Å². The standard InChI is InChI=1S/C18H36O4S.C4H11NO2/c1-2-3-4-5-6-7-8-9-10-11-12-13-14-15-16-17-18-22-23(19,20)21;6-3-1-5-2-4-7/h9-10H,2-8,11-18H2,1H3,(H,19,20,21);5-7H,1-4H2/b10-9-;. The lowest BCUT2D eigenvalue weighted by Crippen LogP contribution is -2.21. The number of nitrogens with one attached hydrogen (secondary N) is 1. The average Bonchev–Trinajstić information content (AvgIpc) is 2.70. The van der Waals surface area contributed by atoms with Crippen molar-refractivity contribution in [2.24, 2.45) is 0 Å². The van der Waals surface area contributed by atoms with Gasteiger partial charge in [0.1, 0.15) is 0 Å². The van der Waals surface area contributed by atoms with Crippen molar-refractivity contribution in [1.29, 1.82) is 0 Å². The number of allylic oxidation sites excluding steroid dienone is 2. The zero-order valence-corrected chi connectivity index (χ0v) is 19.9. The molecule has 182 valence electrons. The van der Waals surface area contributed by atoms with Gasteiger partial charge >= 0.3 is 10.4 Å². The third-order valence-electron chi connectivity index (χ3n) is 4.47. The van der Waals surface area contributed by atoms with Gasteiger partial charge in [0.25, 0.3) is 0 Å². The van der Waals surface area contributed by atoms with Crippen molar-refractivity contribution < 1.29 is 27.4 Å². The molecule has 0 aromatic carbocycles. The Morgan fingerprint density at radius 2 is 1.17 bits per heavy atom. The summed E-state index contributed by atoms with van der Waals surface area (Å²) in [5, 5.41) is 19.1. The van der Waals surface area contributed by atoms with Crippen molar-refractivity contribution in [1.82, 2.24) is 5.32 Å². The van der Waals surface area contributed by atoms with Crippen LogP contribution in [0.4, 0.5) is 0 Å². The fourth-order valence-corrected chi connectivity index (χ4v) is 3.13. The fraction of sp³-hybridized carbons (Fsp3) is 0.909. The van der Waals surface area contributed by atoms with Crippen molar-refractivity contribution >= 4 is 10.4 Å². The van der Waals surface area contributed by atoms with Crippen LogP contribution in [-0.2, 0) is 14.6 Å². The van der Waals surface area contributed by atoms with Gasteiger partial charge in [0.2, 0.25) is 0 Å². The third kappa shape index (κ3) is 35.0. The molecule has 7 nitrogen and oxygen atoms in total. The van der Waals surface area contributed by atoms with Crippen LogP contribution in [0.5, 0.6) is 0 Å². The summed E-state index contributed by atoms with van der Waals surface area (Å²) in [5.74, 6) is 0. The lowest BCUT2D eigenvalue weighted by atomic mass is 10.1. The van der Waals surface area contributed by atoms with E-state index in [0.29, 0.717) is 19.5 Å². The molecule has 0 radical (unpaired) electrons. The van der Waals surface area contributed by atoms with Crippen LogP contribution in [0.1, 0.15) is 96.8 Å². The molecule has 0 aliphatic carbocycles. The minimum absolute atomic E-state index is 0.0833. The Morgan fingerprint density at radius 1 is 0.733 bits per heavy atom. The quantitative estimate of drug-likeness (QED) is 0.116. The van der Waals surface area contributed by atoms with Crippen LogP contribution in [0.25, 0.3) is 0 Å². The SMILES string of the molecule is CCCCCCCC/C=C\CCCCCCCCOS(=O)(=O)O.OCCNCCO. The van der Waals surface area contributed by atoms with Crippen molar-refractivity contribution in [2.45, 2.75) is 96.8 Å². The average molecular weight is 454 g/mol. The molecule has 0 bridgehead atoms. The van der Waals surface area contributed by atoms with Gasteiger partial charge in [-0.2, -0.15) is 8.42 Å². The van der Waals surface area contributed by atoms with Gasteiger partial charge in [-0.05, 0) is 32.1 Å². The molecule has 8 heteroatoms. The minimum Gasteiger partial charge on any atom is -0.395 e. The number of aliphatic hydroxyl groups is 2. The molecule has 0 aromatic heterocycles. The van der Waals surface area contributed by atoms with Crippen molar-refractivity contribution in [3.8, 4) is 0 Å². The fourth-order valence-electron chi connectivity index (χ4n) is 2.80. The van der Waals surface area contributed by atoms with Gasteiger partial charge in [-0.3, -0.25) is 4.55 Å². The number of unbranched alkanes of at least 4 members (excludes halogenated alkanes) is 12. The van der Waals surface area contributed by atoms with E-state index in [9.17, 15) is 8.42 Å². The van der Waals surface area contributed by atoms with Crippen LogP contribution in [0.2, 0.25) is 0 Å². The molecule has 0 fully saturated rings. The monoisotopic (exact) mass is 453 g/mol. The highest BCUT2D eigenvalue weighted by Gasteiger charge is 2.02. The Hall–Kier alpha value is -0.510. The summed E-state index contributed by atoms with van der Waals surface area (Å²) in [4.78, 5) is 0. The maximum atomic E-state index is 10.3. The van der Waals surface area contributed by atoms with Gasteiger partial charge in [0, 0.05) is 13.1 Å². The topological polar surface area (TPSA) is 116 Å². The summed E-state index contributed by atoms with van der Waals surface area (Å²) in [5.41, 5.74) is 0. The number of hydrogen-bond acceptors (Lipinski definition) is 6. The summed E-state index contributed by atoms with van der Waals surface area (Å²) in [7, 11) is -4.25. The molecule has 0 saturated carbocycles. The second-order valence-electron chi connectivity index (χ2n) is 7.38. The summed E-state index contributed by atoms with van der Waals surface area (Å²) in [6, 6.07) is 0. The van der Waals surface area contributed by atoms with Gasteiger partial charge in [-0.1, -0.05) is 76.9 Å². The van der Waals surface area contributed by atoms with Gasteiger partial charge in [-0.15, -0.1) is 0 Å². The van der Waals surface area contributed by atoms with Gasteiger partial charge in [0.05, 0.1) is 19.8 Å². The zero-order valence-electron chi connectivity index (χ0n) is 19.1. The van der Waals surface area contributed by atoms with E-state index >= 15 is 0 Å². The smallest absolute Gasteiger partial charge is 0.395 e. The Bertz CT molecular complexity index is 439. The normalized spacial score (nSPS) is 11.6. The van der Waals surface area contributed by atoms with E-state index in [-0.39, 0.29) is 19.8 Å². The van der Waals surface area contributed by atoms with E-state index in [2.05, 4.69) is 28.6 Å². The van der Waals surface area contributed by atoms with E-state index in [1.54, 1.807) is 0 Å². The maximum absolute atomic E-state index is 10.3. The molecule has 0 aliphatic rings. The molecule has 0 amide bonds. The Morgan fingerprint density at radius 3 is 1.60 bits per heavy atom. The molecule has 0 saturated heterocycles. The van der Waals surface area contributed by atoms with Crippen LogP contribution in [0, 0.1) is 0 Å². The van der Waals surface area contributed by atoms with E-state index in [4.69, 9.17) is 14.8 Å². The molecular weight excluding hydrogens is 406 g/mol. The Labute approximate surface area is 185 Å². The first-order valence-electron chi connectivity index (χ1n) is 11.7. The van der Waals surface area contributed by atoms with Crippen LogP contribution in [-0.4, -0.2) is 56.1 Å². The van der Waals surface area contributed by atoms with E-state index in [1.807, 2.05) is 0 Å². The first-order valence-corrected chi connectivity index (χ1v) is 13.0. The molecule has 0 rings (SSSR count). The summed E-state index contributed by atoms with van der Waals surface area (Å²) in [6.45, 7) is 3.75. The second kappa shape index (κ2) is 26.5. The third-order valence-corrected chi connectivity index (χ3v) is 4.93. The lowest BCUT2D eigenvalue weighted by Gasteiger charge is -2.01. The highest BCUT2D eigenvalue weighted by atomic mass is 32.3. The van der Waals surface area contributed by atoms with E-state index in [1.165, 1.54) is 70.6 Å². The largest absolute Gasteiger partial charge is 0.397 e. The molecule has 0 heterocycles. The first-order chi connectivity index (χ1) is 14.5. The maximum Gasteiger partial charge on any atom is 0.397 e. The summed E-state index contributed by atoms with van der Waals surface area (Å²) >= 11 is 0. The second-order valence-corrected chi connectivity index (χ2v) is 8.48. The first kappa shape index (κ1) is 31.7. The predicted octanol–water partition coefficient (Wildman–Crippen LogP) is 4.40. The van der Waals surface area contributed by atoms with Crippen molar-refractivity contribution in [3.05, 3.63) is 12.2 Å². The number of hydrogen-bond donors (Lipinski definition) is 4.